The molecule has 1 saturated heterocycles. The molecule has 0 radical (unpaired) electrons. The van der Waals surface area contributed by atoms with Crippen molar-refractivity contribution in [3.8, 4) is 0 Å². The van der Waals surface area contributed by atoms with Crippen molar-refractivity contribution in [2.45, 2.75) is 17.3 Å². The van der Waals surface area contributed by atoms with Gasteiger partial charge in [-0.05, 0) is 48.0 Å². The fourth-order valence-electron chi connectivity index (χ4n) is 4.83. The van der Waals surface area contributed by atoms with Gasteiger partial charge in [-0.3, -0.25) is 19.0 Å². The SMILES string of the molecule is O=C(c1ccc(NS(=O)(=O)c2cccc3ccc[n+](CS(=O)(=O)O)c23)cc1)N1CCN(Cc2ccccc2)CC1. The summed E-state index contributed by atoms with van der Waals surface area (Å²) >= 11 is 0. The molecule has 0 atom stereocenters. The molecule has 1 fully saturated rings. The van der Waals surface area contributed by atoms with Crippen molar-refractivity contribution in [1.29, 1.82) is 0 Å². The Kier molecular flexibility index (Phi) is 7.86. The van der Waals surface area contributed by atoms with Gasteiger partial charge in [-0.25, -0.2) is 8.42 Å². The van der Waals surface area contributed by atoms with Gasteiger partial charge in [-0.1, -0.05) is 36.4 Å². The Morgan fingerprint density at radius 3 is 2.17 bits per heavy atom. The molecule has 0 unspecified atom stereocenters. The lowest BCUT2D eigenvalue weighted by Crippen LogP contribution is -2.48. The van der Waals surface area contributed by atoms with Crippen molar-refractivity contribution in [2.24, 2.45) is 0 Å². The van der Waals surface area contributed by atoms with E-state index in [1.165, 1.54) is 34.5 Å². The summed E-state index contributed by atoms with van der Waals surface area (Å²) in [6, 6.07) is 24.2. The van der Waals surface area contributed by atoms with Crippen LogP contribution in [0.1, 0.15) is 15.9 Å². The highest BCUT2D eigenvalue weighted by atomic mass is 32.2. The van der Waals surface area contributed by atoms with E-state index in [9.17, 15) is 26.2 Å². The molecule has 0 aliphatic carbocycles. The molecule has 0 bridgehead atoms. The highest BCUT2D eigenvalue weighted by Gasteiger charge is 2.27. The number of pyridine rings is 1. The van der Waals surface area contributed by atoms with Gasteiger partial charge >= 0.3 is 10.1 Å². The predicted octanol–water partition coefficient (Wildman–Crippen LogP) is 2.73. The molecule has 1 aliphatic rings. The molecule has 2 heterocycles. The number of amides is 1. The molecule has 10 nitrogen and oxygen atoms in total. The van der Waals surface area contributed by atoms with Crippen LogP contribution in [0.5, 0.6) is 0 Å². The van der Waals surface area contributed by atoms with E-state index in [4.69, 9.17) is 0 Å². The van der Waals surface area contributed by atoms with Crippen LogP contribution in [-0.4, -0.2) is 63.3 Å². The van der Waals surface area contributed by atoms with Crippen molar-refractivity contribution in [1.82, 2.24) is 9.80 Å². The first-order chi connectivity index (χ1) is 19.1. The van der Waals surface area contributed by atoms with Gasteiger partial charge < -0.3 is 4.90 Å². The Bertz CT molecular complexity index is 1730. The molecule has 208 valence electrons. The zero-order valence-corrected chi connectivity index (χ0v) is 23.2. The Labute approximate surface area is 233 Å². The maximum atomic E-state index is 13.3. The summed E-state index contributed by atoms with van der Waals surface area (Å²) in [6.07, 6.45) is 1.39. The van der Waals surface area contributed by atoms with Crippen molar-refractivity contribution >= 4 is 42.6 Å². The summed E-state index contributed by atoms with van der Waals surface area (Å²) in [5.74, 6) is -0.914. The van der Waals surface area contributed by atoms with E-state index in [1.54, 1.807) is 41.3 Å². The lowest BCUT2D eigenvalue weighted by molar-refractivity contribution is -0.653. The van der Waals surface area contributed by atoms with Crippen LogP contribution in [0.15, 0.2) is 96.0 Å². The smallest absolute Gasteiger partial charge is 0.326 e. The Morgan fingerprint density at radius 1 is 0.825 bits per heavy atom. The highest BCUT2D eigenvalue weighted by Crippen LogP contribution is 2.23. The highest BCUT2D eigenvalue weighted by molar-refractivity contribution is 7.93. The fourth-order valence-corrected chi connectivity index (χ4v) is 6.70. The lowest BCUT2D eigenvalue weighted by atomic mass is 10.1. The standard InChI is InChI=1S/C28H28N4O6S2/c33-28(31-18-16-30(17-19-31)20-22-6-2-1-3-7-22)24-11-13-25(14-12-24)29-40(37,38)26-10-4-8-23-9-5-15-32(27(23)26)21-39(34,35)36/h1-15H,16-21H2,(H-,29,33,34,35,36)/p+1. The maximum absolute atomic E-state index is 13.3. The minimum atomic E-state index is -4.42. The van der Waals surface area contributed by atoms with E-state index in [-0.39, 0.29) is 22.0 Å². The lowest BCUT2D eigenvalue weighted by Gasteiger charge is -2.34. The van der Waals surface area contributed by atoms with Crippen LogP contribution < -0.4 is 9.29 Å². The van der Waals surface area contributed by atoms with Crippen LogP contribution in [-0.2, 0) is 32.6 Å². The molecule has 0 spiro atoms. The molecule has 12 heteroatoms. The van der Waals surface area contributed by atoms with Crippen LogP contribution in [0.3, 0.4) is 0 Å². The number of fused-ring (bicyclic) bond motifs is 1. The number of anilines is 1. The molecule has 5 rings (SSSR count). The van der Waals surface area contributed by atoms with Crippen LogP contribution in [0.4, 0.5) is 5.69 Å². The summed E-state index contributed by atoms with van der Waals surface area (Å²) in [5.41, 5.74) is 2.07. The summed E-state index contributed by atoms with van der Waals surface area (Å²) < 4.78 is 62.8. The third-order valence-corrected chi connectivity index (χ3v) is 8.76. The number of nitrogens with one attached hydrogen (secondary N) is 1. The molecule has 1 aliphatic heterocycles. The first-order valence-electron chi connectivity index (χ1n) is 12.6. The van der Waals surface area contributed by atoms with E-state index in [0.29, 0.717) is 24.0 Å². The van der Waals surface area contributed by atoms with Gasteiger partial charge in [0, 0.05) is 55.4 Å². The number of rotatable bonds is 8. The summed E-state index contributed by atoms with van der Waals surface area (Å²) in [4.78, 5) is 17.0. The number of hydrogen-bond donors (Lipinski definition) is 2. The Hall–Kier alpha value is -3.84. The zero-order chi connectivity index (χ0) is 28.3. The second-order valence-electron chi connectivity index (χ2n) is 9.62. The number of piperazine rings is 1. The number of benzene rings is 3. The minimum Gasteiger partial charge on any atom is -0.336 e. The molecule has 4 aromatic rings. The topological polar surface area (TPSA) is 128 Å². The van der Waals surface area contributed by atoms with Crippen molar-refractivity contribution in [3.05, 3.63) is 102 Å². The average molecular weight is 582 g/mol. The largest absolute Gasteiger partial charge is 0.336 e. The van der Waals surface area contributed by atoms with Gasteiger partial charge in [0.05, 0.1) is 0 Å². The molecule has 3 aromatic carbocycles. The van der Waals surface area contributed by atoms with E-state index in [1.807, 2.05) is 18.2 Å². The van der Waals surface area contributed by atoms with Gasteiger partial charge in [0.25, 0.3) is 21.8 Å². The van der Waals surface area contributed by atoms with Gasteiger partial charge in [-0.15, -0.1) is 0 Å². The van der Waals surface area contributed by atoms with E-state index in [2.05, 4.69) is 21.8 Å². The van der Waals surface area contributed by atoms with Crippen LogP contribution >= 0.6 is 0 Å². The number of para-hydroxylation sites is 1. The number of hydrogen-bond acceptors (Lipinski definition) is 6. The second-order valence-corrected chi connectivity index (χ2v) is 12.7. The molecule has 2 N–H and O–H groups in total. The Morgan fingerprint density at radius 2 is 1.50 bits per heavy atom. The number of nitrogens with zero attached hydrogens (tertiary/aromatic N) is 3. The molecular formula is C28H29N4O6S2+. The summed E-state index contributed by atoms with van der Waals surface area (Å²) in [6.45, 7) is 3.57. The quantitative estimate of drug-likeness (QED) is 0.242. The normalized spacial score (nSPS) is 14.8. The van der Waals surface area contributed by atoms with Gasteiger partial charge in [0.15, 0.2) is 11.1 Å². The third kappa shape index (κ3) is 6.48. The van der Waals surface area contributed by atoms with E-state index in [0.717, 1.165) is 19.6 Å². The minimum absolute atomic E-state index is 0.117. The second kappa shape index (κ2) is 11.3. The van der Waals surface area contributed by atoms with Crippen molar-refractivity contribution in [2.75, 3.05) is 30.9 Å². The number of sulfonamides is 1. The van der Waals surface area contributed by atoms with Gasteiger partial charge in [0.1, 0.15) is 0 Å². The summed E-state index contributed by atoms with van der Waals surface area (Å²) in [7, 11) is -8.57. The van der Waals surface area contributed by atoms with Gasteiger partial charge in [-0.2, -0.15) is 13.0 Å². The molecule has 40 heavy (non-hydrogen) atoms. The fraction of sp³-hybridized carbons (Fsp3) is 0.214. The van der Waals surface area contributed by atoms with Crippen LogP contribution in [0.2, 0.25) is 0 Å². The first kappa shape index (κ1) is 27.7. The van der Waals surface area contributed by atoms with Crippen molar-refractivity contribution < 1.29 is 30.7 Å². The third-order valence-electron chi connectivity index (χ3n) is 6.74. The van der Waals surface area contributed by atoms with Crippen molar-refractivity contribution in [3.63, 3.8) is 0 Å². The molecule has 1 amide bonds. The maximum Gasteiger partial charge on any atom is 0.326 e. The van der Waals surface area contributed by atoms with E-state index >= 15 is 0 Å². The monoisotopic (exact) mass is 581 g/mol. The first-order valence-corrected chi connectivity index (χ1v) is 15.7. The summed E-state index contributed by atoms with van der Waals surface area (Å²) in [5, 5.41) is 0.485. The molecule has 0 saturated carbocycles. The zero-order valence-electron chi connectivity index (χ0n) is 21.5. The number of carbonyl (C=O) groups excluding carboxylic acids is 1. The number of carbonyl (C=O) groups is 1. The molecule has 1 aromatic heterocycles. The predicted molar refractivity (Wildman–Crippen MR) is 151 cm³/mol. The van der Waals surface area contributed by atoms with E-state index < -0.39 is 26.0 Å². The Balaban J connectivity index is 1.28. The van der Waals surface area contributed by atoms with Crippen LogP contribution in [0, 0.1) is 0 Å². The number of aromatic nitrogens is 1. The average Bonchev–Trinajstić information content (AvgIpc) is 2.93. The molecular weight excluding hydrogens is 552 g/mol. The van der Waals surface area contributed by atoms with Crippen LogP contribution in [0.25, 0.3) is 10.9 Å². The van der Waals surface area contributed by atoms with Gasteiger partial charge in [0.2, 0.25) is 5.52 Å².